The van der Waals surface area contributed by atoms with Gasteiger partial charge in [0, 0.05) is 0 Å². The van der Waals surface area contributed by atoms with Gasteiger partial charge in [0.1, 0.15) is 6.04 Å². The maximum atomic E-state index is 11.9. The fourth-order valence-electron chi connectivity index (χ4n) is 1.89. The predicted molar refractivity (Wildman–Crippen MR) is 99.4 cm³/mol. The number of aliphatic carboxylic acids is 1. The molecule has 0 aliphatic carbocycles. The zero-order valence-electron chi connectivity index (χ0n) is 16.5. The quantitative estimate of drug-likeness (QED) is 0.476. The lowest BCUT2D eigenvalue weighted by atomic mass is 10.1. The molecule has 1 rings (SSSR count). The van der Waals surface area contributed by atoms with E-state index in [4.69, 9.17) is 29.8 Å². The first-order valence-electron chi connectivity index (χ1n) is 8.89. The summed E-state index contributed by atoms with van der Waals surface area (Å²) in [5.41, 5.74) is 6.01. The third-order valence-electron chi connectivity index (χ3n) is 3.24. The van der Waals surface area contributed by atoms with Gasteiger partial charge in [0.15, 0.2) is 11.5 Å². The minimum Gasteiger partial charge on any atom is -0.480 e. The van der Waals surface area contributed by atoms with Crippen molar-refractivity contribution in [3.8, 4) is 11.5 Å². The van der Waals surface area contributed by atoms with Gasteiger partial charge in [0.05, 0.1) is 13.2 Å². The van der Waals surface area contributed by atoms with Crippen LogP contribution in [0.4, 0.5) is 9.59 Å². The van der Waals surface area contributed by atoms with Gasteiger partial charge in [-0.3, -0.25) is 4.79 Å². The number of nitrogens with two attached hydrogens (primary N) is 1. The van der Waals surface area contributed by atoms with Crippen LogP contribution in [0.15, 0.2) is 18.2 Å². The van der Waals surface area contributed by atoms with Gasteiger partial charge in [-0.05, 0) is 36.0 Å². The van der Waals surface area contributed by atoms with Crippen molar-refractivity contribution in [2.75, 3.05) is 13.2 Å². The highest BCUT2D eigenvalue weighted by Crippen LogP contribution is 2.30. The van der Waals surface area contributed by atoms with Crippen molar-refractivity contribution in [2.24, 2.45) is 17.6 Å². The average Bonchev–Trinajstić information content (AvgIpc) is 2.60. The fraction of sp³-hybridized carbons (Fsp3) is 0.526. The molecule has 28 heavy (non-hydrogen) atoms. The van der Waals surface area contributed by atoms with E-state index in [9.17, 15) is 14.4 Å². The van der Waals surface area contributed by atoms with Crippen LogP contribution in [0, 0.1) is 11.8 Å². The molecule has 0 aromatic heterocycles. The van der Waals surface area contributed by atoms with E-state index in [-0.39, 0.29) is 43.0 Å². The number of hydrogen-bond acceptors (Lipinski definition) is 8. The summed E-state index contributed by atoms with van der Waals surface area (Å²) in [4.78, 5) is 34.6. The van der Waals surface area contributed by atoms with Gasteiger partial charge in [-0.15, -0.1) is 0 Å². The van der Waals surface area contributed by atoms with E-state index >= 15 is 0 Å². The van der Waals surface area contributed by atoms with Crippen LogP contribution >= 0.6 is 0 Å². The Morgan fingerprint density at radius 1 is 0.929 bits per heavy atom. The Balaban J connectivity index is 2.96. The lowest BCUT2D eigenvalue weighted by molar-refractivity contribution is -0.138. The number of rotatable bonds is 9. The molecule has 0 unspecified atom stereocenters. The molecule has 0 spiro atoms. The van der Waals surface area contributed by atoms with Gasteiger partial charge in [-0.1, -0.05) is 33.8 Å². The Hall–Kier alpha value is -2.81. The standard InChI is InChI=1S/C19H27NO8/c1-11(2)9-25-18(23)27-15-6-5-13(7-14(20)17(21)22)8-16(15)28-19(24)26-10-12(3)4/h5-6,8,11-12,14H,7,9-10,20H2,1-4H3,(H,21,22)/t14-/m0/s1. The molecular weight excluding hydrogens is 370 g/mol. The predicted octanol–water partition coefficient (Wildman–Crippen LogP) is 2.98. The largest absolute Gasteiger partial charge is 0.513 e. The van der Waals surface area contributed by atoms with E-state index in [1.54, 1.807) is 0 Å². The first-order valence-corrected chi connectivity index (χ1v) is 8.89. The van der Waals surface area contributed by atoms with Crippen LogP contribution in [0.5, 0.6) is 11.5 Å². The lowest BCUT2D eigenvalue weighted by Crippen LogP contribution is -2.32. The van der Waals surface area contributed by atoms with E-state index < -0.39 is 24.3 Å². The van der Waals surface area contributed by atoms with Crippen molar-refractivity contribution in [2.45, 2.75) is 40.2 Å². The third-order valence-corrected chi connectivity index (χ3v) is 3.24. The summed E-state index contributed by atoms with van der Waals surface area (Å²) in [5, 5.41) is 8.94. The minimum absolute atomic E-state index is 0.00912. The van der Waals surface area contributed by atoms with Crippen molar-refractivity contribution in [3.05, 3.63) is 23.8 Å². The molecule has 1 aromatic rings. The Morgan fingerprint density at radius 2 is 1.43 bits per heavy atom. The van der Waals surface area contributed by atoms with E-state index in [0.717, 1.165) is 0 Å². The van der Waals surface area contributed by atoms with Crippen molar-refractivity contribution in [3.63, 3.8) is 0 Å². The molecule has 1 atom stereocenters. The molecule has 0 heterocycles. The minimum atomic E-state index is -1.17. The van der Waals surface area contributed by atoms with Crippen molar-refractivity contribution in [1.29, 1.82) is 0 Å². The number of carbonyl (C=O) groups excluding carboxylic acids is 2. The molecule has 1 aromatic carbocycles. The summed E-state index contributed by atoms with van der Waals surface area (Å²) in [6.45, 7) is 7.77. The van der Waals surface area contributed by atoms with E-state index in [1.165, 1.54) is 18.2 Å². The van der Waals surface area contributed by atoms with Gasteiger partial charge in [0.25, 0.3) is 0 Å². The number of hydrogen-bond donors (Lipinski definition) is 2. The molecule has 0 amide bonds. The summed E-state index contributed by atoms with van der Waals surface area (Å²) in [5.74, 6) is -1.12. The zero-order valence-corrected chi connectivity index (χ0v) is 16.5. The van der Waals surface area contributed by atoms with Crippen LogP contribution in [-0.4, -0.2) is 42.6 Å². The van der Waals surface area contributed by atoms with Crippen LogP contribution in [0.25, 0.3) is 0 Å². The molecule has 9 nitrogen and oxygen atoms in total. The second kappa shape index (κ2) is 11.1. The molecule has 3 N–H and O–H groups in total. The zero-order chi connectivity index (χ0) is 21.3. The Morgan fingerprint density at radius 3 is 1.89 bits per heavy atom. The third kappa shape index (κ3) is 8.72. The molecule has 156 valence electrons. The first-order chi connectivity index (χ1) is 13.1. The van der Waals surface area contributed by atoms with Crippen molar-refractivity contribution >= 4 is 18.3 Å². The van der Waals surface area contributed by atoms with Crippen LogP contribution in [0.1, 0.15) is 33.3 Å². The van der Waals surface area contributed by atoms with Crippen molar-refractivity contribution < 1.29 is 38.4 Å². The number of carboxylic acid groups (broad SMARTS) is 1. The summed E-state index contributed by atoms with van der Waals surface area (Å²) < 4.78 is 20.1. The van der Waals surface area contributed by atoms with Crippen LogP contribution in [-0.2, 0) is 20.7 Å². The van der Waals surface area contributed by atoms with Crippen LogP contribution in [0.3, 0.4) is 0 Å². The second-order valence-electron chi connectivity index (χ2n) is 7.04. The molecular formula is C19H27NO8. The highest BCUT2D eigenvalue weighted by molar-refractivity contribution is 5.74. The monoisotopic (exact) mass is 397 g/mol. The number of ether oxygens (including phenoxy) is 4. The molecule has 0 fully saturated rings. The maximum absolute atomic E-state index is 11.9. The number of carboxylic acids is 1. The molecule has 0 aliphatic rings. The smallest absolute Gasteiger partial charge is 0.480 e. The summed E-state index contributed by atoms with van der Waals surface area (Å²) in [6.07, 6.45) is -1.94. The highest BCUT2D eigenvalue weighted by Gasteiger charge is 2.19. The van der Waals surface area contributed by atoms with Gasteiger partial charge in [0.2, 0.25) is 0 Å². The maximum Gasteiger partial charge on any atom is 0.513 e. The Labute approximate surface area is 163 Å². The summed E-state index contributed by atoms with van der Waals surface area (Å²) in [6, 6.07) is 3.11. The molecule has 0 aliphatic heterocycles. The van der Waals surface area contributed by atoms with Gasteiger partial charge >= 0.3 is 18.3 Å². The van der Waals surface area contributed by atoms with Crippen molar-refractivity contribution in [1.82, 2.24) is 0 Å². The van der Waals surface area contributed by atoms with E-state index in [1.807, 2.05) is 27.7 Å². The van der Waals surface area contributed by atoms with Gasteiger partial charge in [-0.25, -0.2) is 9.59 Å². The lowest BCUT2D eigenvalue weighted by Gasteiger charge is -2.14. The van der Waals surface area contributed by atoms with E-state index in [0.29, 0.717) is 5.56 Å². The summed E-state index contributed by atoms with van der Waals surface area (Å²) >= 11 is 0. The van der Waals surface area contributed by atoms with Crippen LogP contribution in [0.2, 0.25) is 0 Å². The second-order valence-corrected chi connectivity index (χ2v) is 7.04. The van der Waals surface area contributed by atoms with Gasteiger partial charge in [-0.2, -0.15) is 0 Å². The Bertz CT molecular complexity index is 687. The molecule has 0 saturated carbocycles. The SMILES string of the molecule is CC(C)COC(=O)Oc1ccc(C[C@H](N)C(=O)O)cc1OC(=O)OCC(C)C. The highest BCUT2D eigenvalue weighted by atomic mass is 16.7. The topological polar surface area (TPSA) is 134 Å². The molecule has 0 radical (unpaired) electrons. The molecule has 9 heteroatoms. The first kappa shape index (κ1) is 23.2. The van der Waals surface area contributed by atoms with Crippen LogP contribution < -0.4 is 15.2 Å². The molecule has 0 saturated heterocycles. The van der Waals surface area contributed by atoms with Gasteiger partial charge < -0.3 is 29.8 Å². The normalized spacial score (nSPS) is 11.8. The Kier molecular flexibility index (Phi) is 9.23. The average molecular weight is 397 g/mol. The van der Waals surface area contributed by atoms with E-state index in [2.05, 4.69) is 0 Å². The molecule has 0 bridgehead atoms. The number of carbonyl (C=O) groups is 3. The number of benzene rings is 1. The fourth-order valence-corrected chi connectivity index (χ4v) is 1.89. The summed E-state index contributed by atoms with van der Waals surface area (Å²) in [7, 11) is 0.